The molecule has 1 aliphatic rings. The van der Waals surface area contributed by atoms with Crippen molar-refractivity contribution in [2.45, 2.75) is 45.7 Å². The maximum Gasteiger partial charge on any atom is 0.274 e. The molecule has 0 spiro atoms. The SMILES string of the molecule is CCn1ccc(C(=O)N2CCCC[C@H]2c2ncc(C(=O)Nc3ccc(F)cc3)c(C)n2)n1. The number of benzene rings is 1. The lowest BCUT2D eigenvalue weighted by molar-refractivity contribution is 0.0592. The number of piperidine rings is 1. The van der Waals surface area contributed by atoms with Crippen LogP contribution in [0.2, 0.25) is 0 Å². The van der Waals surface area contributed by atoms with E-state index in [4.69, 9.17) is 0 Å². The molecule has 0 radical (unpaired) electrons. The van der Waals surface area contributed by atoms with Crippen molar-refractivity contribution in [2.75, 3.05) is 11.9 Å². The lowest BCUT2D eigenvalue weighted by Crippen LogP contribution is -2.39. The first kappa shape index (κ1) is 21.6. The van der Waals surface area contributed by atoms with Crippen LogP contribution in [0.25, 0.3) is 0 Å². The van der Waals surface area contributed by atoms with Gasteiger partial charge in [0, 0.05) is 31.2 Å². The number of carbonyl (C=O) groups excluding carboxylic acids is 2. The predicted molar refractivity (Wildman–Crippen MR) is 117 cm³/mol. The Hall–Kier alpha value is -3.62. The van der Waals surface area contributed by atoms with Crippen LogP contribution < -0.4 is 5.32 Å². The minimum atomic E-state index is -0.375. The minimum Gasteiger partial charge on any atom is -0.327 e. The van der Waals surface area contributed by atoms with Crippen LogP contribution >= 0.6 is 0 Å². The van der Waals surface area contributed by atoms with Gasteiger partial charge in [-0.1, -0.05) is 0 Å². The van der Waals surface area contributed by atoms with Crippen molar-refractivity contribution >= 4 is 17.5 Å². The summed E-state index contributed by atoms with van der Waals surface area (Å²) in [5.41, 5.74) is 1.73. The summed E-state index contributed by atoms with van der Waals surface area (Å²) in [6.07, 6.45) is 5.91. The molecular weight excluding hydrogens is 411 g/mol. The largest absolute Gasteiger partial charge is 0.327 e. The lowest BCUT2D eigenvalue weighted by Gasteiger charge is -2.34. The Morgan fingerprint density at radius 1 is 1.19 bits per heavy atom. The van der Waals surface area contributed by atoms with Gasteiger partial charge in [-0.15, -0.1) is 0 Å². The third-order valence-electron chi connectivity index (χ3n) is 5.59. The summed E-state index contributed by atoms with van der Waals surface area (Å²) in [4.78, 5) is 36.5. The molecule has 0 bridgehead atoms. The van der Waals surface area contributed by atoms with Crippen molar-refractivity contribution in [3.05, 3.63) is 71.3 Å². The van der Waals surface area contributed by atoms with Crippen molar-refractivity contribution in [3.63, 3.8) is 0 Å². The van der Waals surface area contributed by atoms with Crippen LogP contribution in [0, 0.1) is 12.7 Å². The third kappa shape index (κ3) is 4.51. The van der Waals surface area contributed by atoms with Crippen LogP contribution in [-0.2, 0) is 6.54 Å². The van der Waals surface area contributed by atoms with Gasteiger partial charge in [0.2, 0.25) is 0 Å². The summed E-state index contributed by atoms with van der Waals surface area (Å²) >= 11 is 0. The molecule has 1 fully saturated rings. The van der Waals surface area contributed by atoms with E-state index in [0.29, 0.717) is 41.6 Å². The third-order valence-corrected chi connectivity index (χ3v) is 5.59. The summed E-state index contributed by atoms with van der Waals surface area (Å²) < 4.78 is 14.8. The fourth-order valence-corrected chi connectivity index (χ4v) is 3.84. The number of carbonyl (C=O) groups is 2. The van der Waals surface area contributed by atoms with Gasteiger partial charge < -0.3 is 10.2 Å². The molecule has 0 unspecified atom stereocenters. The fraction of sp³-hybridized carbons (Fsp3) is 0.348. The topological polar surface area (TPSA) is 93.0 Å². The van der Waals surface area contributed by atoms with Gasteiger partial charge in [-0.05, 0) is 63.4 Å². The number of halogens is 1. The summed E-state index contributed by atoms with van der Waals surface area (Å²) in [5.74, 6) is -0.368. The fourth-order valence-electron chi connectivity index (χ4n) is 3.84. The Bertz CT molecular complexity index is 1130. The molecule has 3 aromatic rings. The molecule has 1 atom stereocenters. The van der Waals surface area contributed by atoms with Gasteiger partial charge in [0.05, 0.1) is 17.3 Å². The number of nitrogens with zero attached hydrogens (tertiary/aromatic N) is 5. The maximum atomic E-state index is 13.1. The van der Waals surface area contributed by atoms with Crippen molar-refractivity contribution in [1.29, 1.82) is 0 Å². The molecule has 166 valence electrons. The smallest absolute Gasteiger partial charge is 0.274 e. The summed E-state index contributed by atoms with van der Waals surface area (Å²) in [7, 11) is 0. The zero-order valence-electron chi connectivity index (χ0n) is 18.1. The van der Waals surface area contributed by atoms with Gasteiger partial charge in [0.25, 0.3) is 11.8 Å². The van der Waals surface area contributed by atoms with E-state index in [1.165, 1.54) is 30.5 Å². The second kappa shape index (κ2) is 9.25. The monoisotopic (exact) mass is 436 g/mol. The van der Waals surface area contributed by atoms with Crippen LogP contribution in [0.5, 0.6) is 0 Å². The Kier molecular flexibility index (Phi) is 6.25. The van der Waals surface area contributed by atoms with Gasteiger partial charge >= 0.3 is 0 Å². The second-order valence-corrected chi connectivity index (χ2v) is 7.76. The Morgan fingerprint density at radius 2 is 1.97 bits per heavy atom. The van der Waals surface area contributed by atoms with E-state index in [0.717, 1.165) is 19.3 Å². The Morgan fingerprint density at radius 3 is 2.66 bits per heavy atom. The van der Waals surface area contributed by atoms with Crippen LogP contribution in [0.1, 0.15) is 64.6 Å². The average molecular weight is 436 g/mol. The highest BCUT2D eigenvalue weighted by Gasteiger charge is 2.32. The number of nitrogens with one attached hydrogen (secondary N) is 1. The van der Waals surface area contributed by atoms with Crippen molar-refractivity contribution < 1.29 is 14.0 Å². The first-order valence-electron chi connectivity index (χ1n) is 10.7. The average Bonchev–Trinajstić information content (AvgIpc) is 3.29. The van der Waals surface area contributed by atoms with E-state index in [1.807, 2.05) is 6.92 Å². The van der Waals surface area contributed by atoms with Gasteiger partial charge in [-0.2, -0.15) is 5.10 Å². The zero-order valence-corrected chi connectivity index (χ0v) is 18.1. The van der Waals surface area contributed by atoms with Crippen LogP contribution in [0.15, 0.2) is 42.7 Å². The number of rotatable bonds is 5. The molecule has 1 saturated heterocycles. The molecule has 2 aromatic heterocycles. The molecule has 4 rings (SSSR count). The van der Waals surface area contributed by atoms with E-state index in [9.17, 15) is 14.0 Å². The van der Waals surface area contributed by atoms with Gasteiger partial charge in [0.15, 0.2) is 5.82 Å². The first-order valence-corrected chi connectivity index (χ1v) is 10.7. The maximum absolute atomic E-state index is 13.1. The lowest BCUT2D eigenvalue weighted by atomic mass is 10.0. The molecule has 0 saturated carbocycles. The highest BCUT2D eigenvalue weighted by Crippen LogP contribution is 2.30. The zero-order chi connectivity index (χ0) is 22.7. The summed E-state index contributed by atoms with van der Waals surface area (Å²) in [6.45, 7) is 5.01. The highest BCUT2D eigenvalue weighted by molar-refractivity contribution is 6.04. The van der Waals surface area contributed by atoms with Gasteiger partial charge in [0.1, 0.15) is 11.5 Å². The molecule has 2 amide bonds. The van der Waals surface area contributed by atoms with Crippen LogP contribution in [-0.4, -0.2) is 43.0 Å². The van der Waals surface area contributed by atoms with Crippen LogP contribution in [0.3, 0.4) is 0 Å². The number of hydrogen-bond acceptors (Lipinski definition) is 5. The van der Waals surface area contributed by atoms with Gasteiger partial charge in [-0.3, -0.25) is 14.3 Å². The number of amides is 2. The van der Waals surface area contributed by atoms with E-state index in [1.54, 1.807) is 28.8 Å². The Labute approximate surface area is 185 Å². The number of likely N-dealkylation sites (tertiary alicyclic amines) is 1. The number of aryl methyl sites for hydroxylation is 2. The normalized spacial score (nSPS) is 16.1. The molecular formula is C23H25FN6O2. The van der Waals surface area contributed by atoms with Crippen molar-refractivity contribution in [2.24, 2.45) is 0 Å². The van der Waals surface area contributed by atoms with Crippen LogP contribution in [0.4, 0.5) is 10.1 Å². The summed E-state index contributed by atoms with van der Waals surface area (Å²) in [6, 6.07) is 7.00. The number of aromatic nitrogens is 4. The van der Waals surface area contributed by atoms with E-state index in [2.05, 4.69) is 20.4 Å². The standard InChI is InChI=1S/C23H25FN6O2/c1-3-29-13-11-19(28-29)23(32)30-12-5-4-6-20(30)21-25-14-18(15(2)26-21)22(31)27-17-9-7-16(24)8-10-17/h7-11,13-14,20H,3-6,12H2,1-2H3,(H,27,31)/t20-/m0/s1. The Balaban J connectivity index is 1.54. The van der Waals surface area contributed by atoms with E-state index in [-0.39, 0.29) is 23.7 Å². The molecule has 1 aliphatic heterocycles. The van der Waals surface area contributed by atoms with Gasteiger partial charge in [-0.25, -0.2) is 14.4 Å². The second-order valence-electron chi connectivity index (χ2n) is 7.76. The molecule has 0 aliphatic carbocycles. The quantitative estimate of drug-likeness (QED) is 0.657. The predicted octanol–water partition coefficient (Wildman–Crippen LogP) is 3.76. The van der Waals surface area contributed by atoms with Crippen molar-refractivity contribution in [3.8, 4) is 0 Å². The number of anilines is 1. The molecule has 32 heavy (non-hydrogen) atoms. The van der Waals surface area contributed by atoms with E-state index >= 15 is 0 Å². The molecule has 1 N–H and O–H groups in total. The molecule has 3 heterocycles. The molecule has 1 aromatic carbocycles. The van der Waals surface area contributed by atoms with E-state index < -0.39 is 0 Å². The minimum absolute atomic E-state index is 0.138. The molecule has 9 heteroatoms. The highest BCUT2D eigenvalue weighted by atomic mass is 19.1. The molecule has 8 nitrogen and oxygen atoms in total. The number of hydrogen-bond donors (Lipinski definition) is 1. The first-order chi connectivity index (χ1) is 15.5. The summed E-state index contributed by atoms with van der Waals surface area (Å²) in [5, 5.41) is 7.06. The van der Waals surface area contributed by atoms with Crippen molar-refractivity contribution in [1.82, 2.24) is 24.6 Å².